The molecule has 0 saturated carbocycles. The monoisotopic (exact) mass is 264 g/mol. The molecule has 20 heavy (non-hydrogen) atoms. The number of anilines is 1. The average molecular weight is 264 g/mol. The standard InChI is InChI=1S/C18H20N2/c19-14-8-10-20(11-9-14)18-7-3-6-16-15-5-2-1-4-13(15)12-17(16)18/h1-7,14H,8-12,19H2. The molecule has 2 nitrogen and oxygen atoms in total. The summed E-state index contributed by atoms with van der Waals surface area (Å²) in [5, 5.41) is 0. The van der Waals surface area contributed by atoms with E-state index in [2.05, 4.69) is 47.4 Å². The lowest BCUT2D eigenvalue weighted by Crippen LogP contribution is -2.40. The maximum Gasteiger partial charge on any atom is 0.0408 e. The molecule has 0 aromatic heterocycles. The van der Waals surface area contributed by atoms with E-state index < -0.39 is 0 Å². The van der Waals surface area contributed by atoms with Crippen LogP contribution < -0.4 is 10.6 Å². The molecule has 2 aromatic carbocycles. The number of fused-ring (bicyclic) bond motifs is 3. The topological polar surface area (TPSA) is 29.3 Å². The molecule has 2 heteroatoms. The Morgan fingerprint density at radius 2 is 1.65 bits per heavy atom. The Morgan fingerprint density at radius 1 is 0.900 bits per heavy atom. The van der Waals surface area contributed by atoms with Crippen molar-refractivity contribution in [2.24, 2.45) is 5.73 Å². The zero-order chi connectivity index (χ0) is 13.5. The van der Waals surface area contributed by atoms with Crippen LogP contribution in [-0.4, -0.2) is 19.1 Å². The van der Waals surface area contributed by atoms with Crippen LogP contribution in [0.5, 0.6) is 0 Å². The summed E-state index contributed by atoms with van der Waals surface area (Å²) in [5.41, 5.74) is 13.3. The van der Waals surface area contributed by atoms with E-state index in [-0.39, 0.29) is 0 Å². The van der Waals surface area contributed by atoms with Crippen LogP contribution in [-0.2, 0) is 6.42 Å². The molecule has 102 valence electrons. The van der Waals surface area contributed by atoms with Crippen molar-refractivity contribution in [3.8, 4) is 11.1 Å². The molecular formula is C18H20N2. The zero-order valence-corrected chi connectivity index (χ0v) is 11.7. The van der Waals surface area contributed by atoms with Crippen molar-refractivity contribution in [2.45, 2.75) is 25.3 Å². The number of rotatable bonds is 1. The van der Waals surface area contributed by atoms with Gasteiger partial charge in [0.2, 0.25) is 0 Å². The first-order valence-corrected chi connectivity index (χ1v) is 7.53. The first-order chi connectivity index (χ1) is 9.83. The number of hydrogen-bond acceptors (Lipinski definition) is 2. The van der Waals surface area contributed by atoms with Gasteiger partial charge in [-0.2, -0.15) is 0 Å². The van der Waals surface area contributed by atoms with Crippen LogP contribution in [0.3, 0.4) is 0 Å². The summed E-state index contributed by atoms with van der Waals surface area (Å²) in [5.74, 6) is 0. The Labute approximate surface area is 120 Å². The van der Waals surface area contributed by atoms with Crippen molar-refractivity contribution in [2.75, 3.05) is 18.0 Å². The highest BCUT2D eigenvalue weighted by atomic mass is 15.1. The van der Waals surface area contributed by atoms with Crippen molar-refractivity contribution in [1.29, 1.82) is 0 Å². The first-order valence-electron chi connectivity index (χ1n) is 7.53. The smallest absolute Gasteiger partial charge is 0.0408 e. The fourth-order valence-corrected chi connectivity index (χ4v) is 3.58. The summed E-state index contributed by atoms with van der Waals surface area (Å²) < 4.78 is 0. The minimum Gasteiger partial charge on any atom is -0.371 e. The van der Waals surface area contributed by atoms with E-state index in [0.717, 1.165) is 32.4 Å². The first kappa shape index (κ1) is 12.0. The molecule has 0 radical (unpaired) electrons. The maximum absolute atomic E-state index is 6.03. The fraction of sp³-hybridized carbons (Fsp3) is 0.333. The number of nitrogens with zero attached hydrogens (tertiary/aromatic N) is 1. The van der Waals surface area contributed by atoms with Gasteiger partial charge in [-0.05, 0) is 41.2 Å². The lowest BCUT2D eigenvalue weighted by Gasteiger charge is -2.33. The molecule has 2 N–H and O–H groups in total. The molecule has 1 fully saturated rings. The summed E-state index contributed by atoms with van der Waals surface area (Å²) in [6, 6.07) is 15.9. The third-order valence-corrected chi connectivity index (χ3v) is 4.71. The molecule has 2 aromatic rings. The third-order valence-electron chi connectivity index (χ3n) is 4.71. The Kier molecular flexibility index (Phi) is 2.78. The minimum atomic E-state index is 0.389. The van der Waals surface area contributed by atoms with Crippen LogP contribution >= 0.6 is 0 Å². The number of nitrogens with two attached hydrogens (primary N) is 1. The van der Waals surface area contributed by atoms with Crippen molar-refractivity contribution in [1.82, 2.24) is 0 Å². The second kappa shape index (κ2) is 4.64. The molecule has 0 spiro atoms. The van der Waals surface area contributed by atoms with Crippen LogP contribution in [0.4, 0.5) is 5.69 Å². The maximum atomic E-state index is 6.03. The van der Waals surface area contributed by atoms with Crippen molar-refractivity contribution in [3.05, 3.63) is 53.6 Å². The second-order valence-corrected chi connectivity index (χ2v) is 5.96. The highest BCUT2D eigenvalue weighted by Crippen LogP contribution is 2.41. The molecule has 0 amide bonds. The summed E-state index contributed by atoms with van der Waals surface area (Å²) in [6.45, 7) is 2.18. The number of hydrogen-bond donors (Lipinski definition) is 1. The largest absolute Gasteiger partial charge is 0.371 e. The number of piperidine rings is 1. The SMILES string of the molecule is NC1CCN(c2cccc3c2Cc2ccccc2-3)CC1. The Hall–Kier alpha value is -1.80. The highest BCUT2D eigenvalue weighted by molar-refractivity contribution is 5.82. The molecule has 1 aliphatic heterocycles. The Bertz CT molecular complexity index is 640. The predicted molar refractivity (Wildman–Crippen MR) is 84.1 cm³/mol. The van der Waals surface area contributed by atoms with Gasteiger partial charge in [-0.25, -0.2) is 0 Å². The summed E-state index contributed by atoms with van der Waals surface area (Å²) in [7, 11) is 0. The fourth-order valence-electron chi connectivity index (χ4n) is 3.58. The molecule has 2 aliphatic rings. The van der Waals surface area contributed by atoms with E-state index >= 15 is 0 Å². The summed E-state index contributed by atoms with van der Waals surface area (Å²) in [6.07, 6.45) is 3.29. The van der Waals surface area contributed by atoms with E-state index in [9.17, 15) is 0 Å². The normalized spacial score (nSPS) is 17.9. The van der Waals surface area contributed by atoms with Gasteiger partial charge in [-0.3, -0.25) is 0 Å². The average Bonchev–Trinajstić information content (AvgIpc) is 2.87. The molecule has 1 aliphatic carbocycles. The summed E-state index contributed by atoms with van der Waals surface area (Å²) >= 11 is 0. The third kappa shape index (κ3) is 1.83. The molecule has 4 rings (SSSR count). The van der Waals surface area contributed by atoms with E-state index in [1.165, 1.54) is 27.9 Å². The van der Waals surface area contributed by atoms with Crippen molar-refractivity contribution >= 4 is 5.69 Å². The van der Waals surface area contributed by atoms with Crippen molar-refractivity contribution < 1.29 is 0 Å². The van der Waals surface area contributed by atoms with Gasteiger partial charge in [0.15, 0.2) is 0 Å². The molecular weight excluding hydrogens is 244 g/mol. The number of benzene rings is 2. The second-order valence-electron chi connectivity index (χ2n) is 5.96. The van der Waals surface area contributed by atoms with Crippen LogP contribution in [0.2, 0.25) is 0 Å². The zero-order valence-electron chi connectivity index (χ0n) is 11.7. The van der Waals surface area contributed by atoms with Gasteiger partial charge in [0.1, 0.15) is 0 Å². The lowest BCUT2D eigenvalue weighted by atomic mass is 10.0. The van der Waals surface area contributed by atoms with Crippen LogP contribution in [0.15, 0.2) is 42.5 Å². The molecule has 0 unspecified atom stereocenters. The predicted octanol–water partition coefficient (Wildman–Crippen LogP) is 3.19. The molecule has 0 atom stereocenters. The van der Waals surface area contributed by atoms with Gasteiger partial charge in [0.05, 0.1) is 0 Å². The molecule has 1 heterocycles. The van der Waals surface area contributed by atoms with Gasteiger partial charge < -0.3 is 10.6 Å². The highest BCUT2D eigenvalue weighted by Gasteiger charge is 2.24. The van der Waals surface area contributed by atoms with E-state index in [1.54, 1.807) is 0 Å². The van der Waals surface area contributed by atoms with E-state index in [1.807, 2.05) is 0 Å². The van der Waals surface area contributed by atoms with Gasteiger partial charge in [-0.15, -0.1) is 0 Å². The van der Waals surface area contributed by atoms with Crippen molar-refractivity contribution in [3.63, 3.8) is 0 Å². The Morgan fingerprint density at radius 3 is 2.50 bits per heavy atom. The van der Waals surface area contributed by atoms with Gasteiger partial charge in [0, 0.05) is 31.2 Å². The van der Waals surface area contributed by atoms with Gasteiger partial charge in [-0.1, -0.05) is 36.4 Å². The molecule has 0 bridgehead atoms. The van der Waals surface area contributed by atoms with Crippen LogP contribution in [0.25, 0.3) is 11.1 Å². The summed E-state index contributed by atoms with van der Waals surface area (Å²) in [4.78, 5) is 2.52. The van der Waals surface area contributed by atoms with Gasteiger partial charge in [0.25, 0.3) is 0 Å². The Balaban J connectivity index is 1.74. The quantitative estimate of drug-likeness (QED) is 0.731. The minimum absolute atomic E-state index is 0.389. The van der Waals surface area contributed by atoms with E-state index in [4.69, 9.17) is 5.73 Å². The lowest BCUT2D eigenvalue weighted by molar-refractivity contribution is 0.501. The molecule has 1 saturated heterocycles. The van der Waals surface area contributed by atoms with Gasteiger partial charge >= 0.3 is 0 Å². The van der Waals surface area contributed by atoms with Crippen LogP contribution in [0, 0.1) is 0 Å². The van der Waals surface area contributed by atoms with E-state index in [0.29, 0.717) is 6.04 Å². The van der Waals surface area contributed by atoms with Crippen LogP contribution in [0.1, 0.15) is 24.0 Å².